The van der Waals surface area contributed by atoms with Gasteiger partial charge in [-0.05, 0) is 25.1 Å². The number of carbonyl (C=O) groups is 1. The second kappa shape index (κ2) is 6.93. The van der Waals surface area contributed by atoms with Gasteiger partial charge < -0.3 is 5.32 Å². The summed E-state index contributed by atoms with van der Waals surface area (Å²) in [6.45, 7) is 2.00. The number of rotatable bonds is 5. The maximum absolute atomic E-state index is 12.0. The number of hydrogen-bond acceptors (Lipinski definition) is 7. The lowest BCUT2D eigenvalue weighted by molar-refractivity contribution is -0.384. The lowest BCUT2D eigenvalue weighted by atomic mass is 10.3. The molecule has 0 aliphatic heterocycles. The highest BCUT2D eigenvalue weighted by Gasteiger charge is 2.11. The zero-order valence-corrected chi connectivity index (χ0v) is 14.2. The van der Waals surface area contributed by atoms with Crippen LogP contribution in [0.15, 0.2) is 41.7 Å². The number of benzene rings is 1. The Morgan fingerprint density at radius 3 is 2.79 bits per heavy atom. The predicted octanol–water partition coefficient (Wildman–Crippen LogP) is 3.64. The van der Waals surface area contributed by atoms with Crippen molar-refractivity contribution in [1.82, 2.24) is 9.97 Å². The predicted molar refractivity (Wildman–Crippen MR) is 94.6 cm³/mol. The van der Waals surface area contributed by atoms with E-state index in [1.165, 1.54) is 42.4 Å². The first kappa shape index (κ1) is 16.3. The maximum Gasteiger partial charge on any atom is 0.269 e. The molecule has 3 aromatic rings. The third kappa shape index (κ3) is 3.69. The van der Waals surface area contributed by atoms with E-state index in [9.17, 15) is 14.9 Å². The highest BCUT2D eigenvalue weighted by molar-refractivity contribution is 8.00. The third-order valence-corrected chi connectivity index (χ3v) is 5.08. The molecule has 2 heterocycles. The van der Waals surface area contributed by atoms with Crippen molar-refractivity contribution in [3.8, 4) is 0 Å². The van der Waals surface area contributed by atoms with Crippen molar-refractivity contribution in [1.29, 1.82) is 0 Å². The average Bonchev–Trinajstić information content (AvgIpc) is 2.94. The van der Waals surface area contributed by atoms with Gasteiger partial charge in [-0.2, -0.15) is 0 Å². The molecule has 1 amide bonds. The van der Waals surface area contributed by atoms with Gasteiger partial charge in [0.1, 0.15) is 16.2 Å². The number of nitrogens with zero attached hydrogens (tertiary/aromatic N) is 3. The molecule has 0 unspecified atom stereocenters. The van der Waals surface area contributed by atoms with Crippen LogP contribution in [0.2, 0.25) is 0 Å². The summed E-state index contributed by atoms with van der Waals surface area (Å²) in [7, 11) is 0. The van der Waals surface area contributed by atoms with Crippen LogP contribution in [0.1, 0.15) is 4.88 Å². The van der Waals surface area contributed by atoms with Crippen LogP contribution in [-0.2, 0) is 4.79 Å². The Labute approximate surface area is 145 Å². The van der Waals surface area contributed by atoms with Crippen LogP contribution in [0.25, 0.3) is 10.2 Å². The van der Waals surface area contributed by atoms with E-state index in [0.717, 1.165) is 20.1 Å². The van der Waals surface area contributed by atoms with Crippen molar-refractivity contribution in [2.24, 2.45) is 0 Å². The van der Waals surface area contributed by atoms with Crippen molar-refractivity contribution >= 4 is 50.6 Å². The van der Waals surface area contributed by atoms with Crippen LogP contribution in [-0.4, -0.2) is 26.6 Å². The molecular weight excluding hydrogens is 348 g/mol. The zero-order valence-electron chi connectivity index (χ0n) is 12.6. The van der Waals surface area contributed by atoms with Crippen LogP contribution >= 0.6 is 23.1 Å². The van der Waals surface area contributed by atoms with Crippen molar-refractivity contribution in [3.05, 3.63) is 51.7 Å². The van der Waals surface area contributed by atoms with Gasteiger partial charge in [-0.1, -0.05) is 11.8 Å². The van der Waals surface area contributed by atoms with Gasteiger partial charge in [-0.3, -0.25) is 14.9 Å². The number of thioether (sulfide) groups is 1. The summed E-state index contributed by atoms with van der Waals surface area (Å²) in [6.07, 6.45) is 1.49. The number of thiophene rings is 1. The first-order valence-corrected chi connectivity index (χ1v) is 8.71. The molecule has 0 saturated carbocycles. The van der Waals surface area contributed by atoms with Gasteiger partial charge >= 0.3 is 0 Å². The number of carbonyl (C=O) groups excluding carboxylic acids is 1. The van der Waals surface area contributed by atoms with Crippen molar-refractivity contribution in [2.75, 3.05) is 11.1 Å². The summed E-state index contributed by atoms with van der Waals surface area (Å²) in [5.74, 6) is -0.00887. The molecule has 7 nitrogen and oxygen atoms in total. The lowest BCUT2D eigenvalue weighted by Gasteiger charge is -2.05. The van der Waals surface area contributed by atoms with E-state index >= 15 is 0 Å². The van der Waals surface area contributed by atoms with E-state index in [4.69, 9.17) is 0 Å². The van der Waals surface area contributed by atoms with Crippen molar-refractivity contribution < 1.29 is 9.72 Å². The molecule has 0 aliphatic rings. The monoisotopic (exact) mass is 360 g/mol. The Balaban J connectivity index is 1.63. The quantitative estimate of drug-likeness (QED) is 0.323. The number of aromatic nitrogens is 2. The van der Waals surface area contributed by atoms with Crippen molar-refractivity contribution in [2.45, 2.75) is 11.9 Å². The Morgan fingerprint density at radius 1 is 1.33 bits per heavy atom. The molecule has 0 aliphatic carbocycles. The molecule has 0 fully saturated rings. The molecule has 3 rings (SSSR count). The van der Waals surface area contributed by atoms with Gasteiger partial charge in [0.2, 0.25) is 5.91 Å². The number of amides is 1. The van der Waals surface area contributed by atoms with Crippen LogP contribution in [0.4, 0.5) is 11.4 Å². The average molecular weight is 360 g/mol. The number of nitro groups is 1. The maximum atomic E-state index is 12.0. The molecule has 0 atom stereocenters. The number of fused-ring (bicyclic) bond motifs is 1. The van der Waals surface area contributed by atoms with Gasteiger partial charge in [-0.15, -0.1) is 11.3 Å². The highest BCUT2D eigenvalue weighted by Crippen LogP contribution is 2.30. The van der Waals surface area contributed by atoms with Crippen LogP contribution in [0, 0.1) is 17.0 Å². The third-order valence-electron chi connectivity index (χ3n) is 3.12. The van der Waals surface area contributed by atoms with E-state index < -0.39 is 4.92 Å². The van der Waals surface area contributed by atoms with Crippen molar-refractivity contribution in [3.63, 3.8) is 0 Å². The van der Waals surface area contributed by atoms with E-state index in [2.05, 4.69) is 15.3 Å². The summed E-state index contributed by atoms with van der Waals surface area (Å²) < 4.78 is 0. The SMILES string of the molecule is Cc1cc2c(SCC(=O)Nc3ccc([N+](=O)[O-])cc3)ncnc2s1. The number of aryl methyl sites for hydroxylation is 1. The Morgan fingerprint density at radius 2 is 2.08 bits per heavy atom. The minimum atomic E-state index is -0.481. The standard InChI is InChI=1S/C15H12N4O3S2/c1-9-6-12-14(16-8-17-15(12)24-9)23-7-13(20)18-10-2-4-11(5-3-10)19(21)22/h2-6,8H,7H2,1H3,(H,18,20). The van der Waals surface area contributed by atoms with Crippen LogP contribution in [0.3, 0.4) is 0 Å². The lowest BCUT2D eigenvalue weighted by Crippen LogP contribution is -2.14. The van der Waals surface area contributed by atoms with Gasteiger partial charge in [0.15, 0.2) is 0 Å². The molecule has 0 radical (unpaired) electrons. The van der Waals surface area contributed by atoms with E-state index in [-0.39, 0.29) is 17.3 Å². The first-order valence-electron chi connectivity index (χ1n) is 6.91. The molecular formula is C15H12N4O3S2. The normalized spacial score (nSPS) is 10.7. The molecule has 24 heavy (non-hydrogen) atoms. The molecule has 9 heteroatoms. The topological polar surface area (TPSA) is 98.0 Å². The zero-order chi connectivity index (χ0) is 17.1. The minimum absolute atomic E-state index is 0.0152. The Kier molecular flexibility index (Phi) is 4.72. The molecule has 122 valence electrons. The number of non-ortho nitro benzene ring substituents is 1. The summed E-state index contributed by atoms with van der Waals surface area (Å²) in [6, 6.07) is 7.73. The van der Waals surface area contributed by atoms with Crippen LogP contribution < -0.4 is 5.32 Å². The second-order valence-electron chi connectivity index (χ2n) is 4.90. The summed E-state index contributed by atoms with van der Waals surface area (Å²) in [5, 5.41) is 15.0. The smallest absolute Gasteiger partial charge is 0.269 e. The van der Waals surface area contributed by atoms with Gasteiger partial charge in [0.25, 0.3) is 5.69 Å². The summed E-state index contributed by atoms with van der Waals surface area (Å²) in [4.78, 5) is 32.7. The van der Waals surface area contributed by atoms with Gasteiger partial charge in [-0.25, -0.2) is 9.97 Å². The molecule has 1 N–H and O–H groups in total. The molecule has 2 aromatic heterocycles. The molecule has 0 saturated heterocycles. The van der Waals surface area contributed by atoms with Gasteiger partial charge in [0.05, 0.1) is 10.7 Å². The number of nitro benzene ring substituents is 1. The fourth-order valence-electron chi connectivity index (χ4n) is 2.07. The number of anilines is 1. The van der Waals surface area contributed by atoms with E-state index in [0.29, 0.717) is 5.69 Å². The molecule has 0 bridgehead atoms. The number of nitrogens with one attached hydrogen (secondary N) is 1. The van der Waals surface area contributed by atoms with E-state index in [1.807, 2.05) is 13.0 Å². The summed E-state index contributed by atoms with van der Waals surface area (Å²) in [5.41, 5.74) is 0.504. The van der Waals surface area contributed by atoms with Crippen LogP contribution in [0.5, 0.6) is 0 Å². The Bertz CT molecular complexity index is 909. The summed E-state index contributed by atoms with van der Waals surface area (Å²) >= 11 is 2.92. The molecule has 1 aromatic carbocycles. The largest absolute Gasteiger partial charge is 0.325 e. The fourth-order valence-corrected chi connectivity index (χ4v) is 3.75. The minimum Gasteiger partial charge on any atom is -0.325 e. The second-order valence-corrected chi connectivity index (χ2v) is 7.09. The van der Waals surface area contributed by atoms with Gasteiger partial charge in [0, 0.05) is 28.1 Å². The highest BCUT2D eigenvalue weighted by atomic mass is 32.2. The first-order chi connectivity index (χ1) is 11.5. The Hall–Kier alpha value is -2.52. The molecule has 0 spiro atoms. The van der Waals surface area contributed by atoms with E-state index in [1.54, 1.807) is 11.3 Å². The number of hydrogen-bond donors (Lipinski definition) is 1. The fraction of sp³-hybridized carbons (Fsp3) is 0.133.